The van der Waals surface area contributed by atoms with Crippen LogP contribution in [0.4, 0.5) is 0 Å². The maximum Gasteiger partial charge on any atom is 0.0672 e. The maximum atomic E-state index is 8.76. The zero-order valence-electron chi connectivity index (χ0n) is 7.30. The van der Waals surface area contributed by atoms with E-state index in [0.717, 1.165) is 6.42 Å². The van der Waals surface area contributed by atoms with E-state index in [9.17, 15) is 0 Å². The van der Waals surface area contributed by atoms with Crippen LogP contribution in [0.2, 0.25) is 0 Å². The lowest BCUT2D eigenvalue weighted by atomic mass is 10.1. The summed E-state index contributed by atoms with van der Waals surface area (Å²) in [5.41, 5.74) is 0. The number of hydrogen-bond donors (Lipinski definition) is 1. The van der Waals surface area contributed by atoms with E-state index in [1.807, 2.05) is 0 Å². The van der Waals surface area contributed by atoms with Crippen LogP contribution in [0.15, 0.2) is 0 Å². The highest BCUT2D eigenvalue weighted by Gasteiger charge is 2.26. The van der Waals surface area contributed by atoms with Gasteiger partial charge >= 0.3 is 0 Å². The minimum Gasteiger partial charge on any atom is -0.310 e. The van der Waals surface area contributed by atoms with Crippen molar-refractivity contribution in [3.63, 3.8) is 0 Å². The second kappa shape index (κ2) is 3.73. The molecule has 11 heavy (non-hydrogen) atoms. The normalized spacial score (nSPS) is 30.7. The highest BCUT2D eigenvalue weighted by Crippen LogP contribution is 2.24. The van der Waals surface area contributed by atoms with E-state index in [1.165, 1.54) is 12.8 Å². The van der Waals surface area contributed by atoms with Crippen LogP contribution in [0, 0.1) is 17.2 Å². The summed E-state index contributed by atoms with van der Waals surface area (Å²) in [6.45, 7) is 4.26. The Morgan fingerprint density at radius 3 is 2.73 bits per heavy atom. The topological polar surface area (TPSA) is 35.8 Å². The molecule has 0 aromatic heterocycles. The molecule has 0 radical (unpaired) electrons. The average molecular weight is 152 g/mol. The predicted octanol–water partition coefficient (Wildman–Crippen LogP) is 1.68. The molecule has 2 nitrogen and oxygen atoms in total. The van der Waals surface area contributed by atoms with Crippen molar-refractivity contribution in [2.24, 2.45) is 5.92 Å². The van der Waals surface area contributed by atoms with Crippen molar-refractivity contribution >= 4 is 0 Å². The Kier molecular flexibility index (Phi) is 2.90. The van der Waals surface area contributed by atoms with Gasteiger partial charge in [-0.3, -0.25) is 0 Å². The van der Waals surface area contributed by atoms with Gasteiger partial charge in [0, 0.05) is 12.1 Å². The van der Waals surface area contributed by atoms with Crippen LogP contribution in [0.25, 0.3) is 0 Å². The summed E-state index contributed by atoms with van der Waals surface area (Å²) >= 11 is 0. The Labute approximate surface area is 68.6 Å². The van der Waals surface area contributed by atoms with Crippen LogP contribution in [0.1, 0.15) is 33.1 Å². The van der Waals surface area contributed by atoms with Crippen LogP contribution in [-0.4, -0.2) is 12.1 Å². The minimum absolute atomic E-state index is 0.261. The molecule has 0 aliphatic heterocycles. The number of nitrogens with zero attached hydrogens (tertiary/aromatic N) is 1. The van der Waals surface area contributed by atoms with Crippen molar-refractivity contribution in [3.05, 3.63) is 0 Å². The lowest BCUT2D eigenvalue weighted by Gasteiger charge is -2.18. The fourth-order valence-electron chi connectivity index (χ4n) is 1.74. The molecule has 0 bridgehead atoms. The SMILES string of the molecule is CC(C)N[C@@H]1CCC[C@H]1C#N. The van der Waals surface area contributed by atoms with E-state index in [0.29, 0.717) is 12.1 Å². The van der Waals surface area contributed by atoms with Crippen LogP contribution in [-0.2, 0) is 0 Å². The lowest BCUT2D eigenvalue weighted by molar-refractivity contribution is 0.426. The lowest BCUT2D eigenvalue weighted by Crippen LogP contribution is -2.36. The molecule has 0 spiro atoms. The Bertz CT molecular complexity index is 157. The Balaban J connectivity index is 2.39. The van der Waals surface area contributed by atoms with E-state index in [1.54, 1.807) is 0 Å². The van der Waals surface area contributed by atoms with Gasteiger partial charge in [-0.15, -0.1) is 0 Å². The van der Waals surface area contributed by atoms with Gasteiger partial charge in [-0.1, -0.05) is 20.3 Å². The van der Waals surface area contributed by atoms with Gasteiger partial charge in [0.05, 0.1) is 12.0 Å². The molecule has 0 aromatic carbocycles. The molecule has 1 rings (SSSR count). The van der Waals surface area contributed by atoms with Gasteiger partial charge in [-0.05, 0) is 12.8 Å². The first-order valence-electron chi connectivity index (χ1n) is 4.39. The maximum absolute atomic E-state index is 8.76. The summed E-state index contributed by atoms with van der Waals surface area (Å²) in [6, 6.07) is 3.32. The zero-order valence-corrected chi connectivity index (χ0v) is 7.30. The van der Waals surface area contributed by atoms with Crippen molar-refractivity contribution in [2.45, 2.75) is 45.2 Å². The third-order valence-corrected chi connectivity index (χ3v) is 2.23. The first-order valence-corrected chi connectivity index (χ1v) is 4.39. The molecule has 2 atom stereocenters. The van der Waals surface area contributed by atoms with E-state index in [4.69, 9.17) is 5.26 Å². The standard InChI is InChI=1S/C9H16N2/c1-7(2)11-9-5-3-4-8(9)6-10/h7-9,11H,3-5H2,1-2H3/t8-,9+/m0/s1. The fraction of sp³-hybridized carbons (Fsp3) is 0.889. The monoisotopic (exact) mass is 152 g/mol. The van der Waals surface area contributed by atoms with Gasteiger partial charge in [0.2, 0.25) is 0 Å². The van der Waals surface area contributed by atoms with Crippen LogP contribution in [0.5, 0.6) is 0 Å². The van der Waals surface area contributed by atoms with Gasteiger partial charge in [0.15, 0.2) is 0 Å². The van der Waals surface area contributed by atoms with Crippen LogP contribution < -0.4 is 5.32 Å². The molecular weight excluding hydrogens is 136 g/mol. The average Bonchev–Trinajstić information content (AvgIpc) is 2.34. The van der Waals surface area contributed by atoms with E-state index >= 15 is 0 Å². The molecule has 0 heterocycles. The first-order chi connectivity index (χ1) is 5.24. The van der Waals surface area contributed by atoms with Crippen molar-refractivity contribution in [1.82, 2.24) is 5.32 Å². The molecule has 0 saturated heterocycles. The molecular formula is C9H16N2. The van der Waals surface area contributed by atoms with Crippen molar-refractivity contribution in [1.29, 1.82) is 5.26 Å². The predicted molar refractivity (Wildman–Crippen MR) is 45.0 cm³/mol. The van der Waals surface area contributed by atoms with E-state index < -0.39 is 0 Å². The molecule has 0 aromatic rings. The first kappa shape index (κ1) is 8.55. The molecule has 1 saturated carbocycles. The van der Waals surface area contributed by atoms with Crippen LogP contribution in [0.3, 0.4) is 0 Å². The summed E-state index contributed by atoms with van der Waals surface area (Å²) in [4.78, 5) is 0. The van der Waals surface area contributed by atoms with Gasteiger partial charge in [-0.2, -0.15) is 5.26 Å². The second-order valence-electron chi connectivity index (χ2n) is 3.59. The molecule has 1 aliphatic rings. The summed E-state index contributed by atoms with van der Waals surface area (Å²) in [5.74, 6) is 0.261. The van der Waals surface area contributed by atoms with Crippen molar-refractivity contribution in [3.8, 4) is 6.07 Å². The highest BCUT2D eigenvalue weighted by molar-refractivity contribution is 4.96. The Morgan fingerprint density at radius 1 is 1.45 bits per heavy atom. The second-order valence-corrected chi connectivity index (χ2v) is 3.59. The zero-order chi connectivity index (χ0) is 8.27. The van der Waals surface area contributed by atoms with Crippen molar-refractivity contribution in [2.75, 3.05) is 0 Å². The molecule has 1 fully saturated rings. The number of nitrogens with one attached hydrogen (secondary N) is 1. The third kappa shape index (κ3) is 2.20. The largest absolute Gasteiger partial charge is 0.310 e. The molecule has 0 amide bonds. The number of hydrogen-bond acceptors (Lipinski definition) is 2. The summed E-state index contributed by atoms with van der Waals surface area (Å²) < 4.78 is 0. The van der Waals surface area contributed by atoms with Gasteiger partial charge < -0.3 is 5.32 Å². The highest BCUT2D eigenvalue weighted by atomic mass is 14.9. The summed E-state index contributed by atoms with van der Waals surface area (Å²) in [6.07, 6.45) is 3.47. The quantitative estimate of drug-likeness (QED) is 0.653. The smallest absolute Gasteiger partial charge is 0.0672 e. The molecule has 2 heteroatoms. The number of rotatable bonds is 2. The van der Waals surface area contributed by atoms with E-state index in [-0.39, 0.29) is 5.92 Å². The fourth-order valence-corrected chi connectivity index (χ4v) is 1.74. The van der Waals surface area contributed by atoms with Crippen molar-refractivity contribution < 1.29 is 0 Å². The number of nitriles is 1. The van der Waals surface area contributed by atoms with Gasteiger partial charge in [-0.25, -0.2) is 0 Å². The van der Waals surface area contributed by atoms with E-state index in [2.05, 4.69) is 25.2 Å². The molecule has 62 valence electrons. The Morgan fingerprint density at radius 2 is 2.18 bits per heavy atom. The molecule has 1 aliphatic carbocycles. The summed E-state index contributed by atoms with van der Waals surface area (Å²) in [5, 5.41) is 12.2. The summed E-state index contributed by atoms with van der Waals surface area (Å²) in [7, 11) is 0. The molecule has 1 N–H and O–H groups in total. The Hall–Kier alpha value is -0.550. The minimum atomic E-state index is 0.261. The third-order valence-electron chi connectivity index (χ3n) is 2.23. The van der Waals surface area contributed by atoms with Crippen LogP contribution >= 0.6 is 0 Å². The van der Waals surface area contributed by atoms with Gasteiger partial charge in [0.1, 0.15) is 0 Å². The van der Waals surface area contributed by atoms with Gasteiger partial charge in [0.25, 0.3) is 0 Å². The molecule has 0 unspecified atom stereocenters.